The molecule has 4 heteroatoms. The zero-order valence-electron chi connectivity index (χ0n) is 15.5. The van der Waals surface area contributed by atoms with E-state index in [0.717, 1.165) is 19.3 Å². The minimum absolute atomic E-state index is 0.233. The van der Waals surface area contributed by atoms with E-state index in [1.54, 1.807) is 0 Å². The predicted octanol–water partition coefficient (Wildman–Crippen LogP) is 3.71. The maximum atomic E-state index is 13.0. The quantitative estimate of drug-likeness (QED) is 0.792. The number of hydrogen-bond acceptors (Lipinski definition) is 3. The molecule has 1 heterocycles. The van der Waals surface area contributed by atoms with E-state index in [1.165, 1.54) is 12.0 Å². The zero-order chi connectivity index (χ0) is 17.6. The predicted molar refractivity (Wildman–Crippen MR) is 92.7 cm³/mol. The van der Waals surface area contributed by atoms with Crippen LogP contribution in [0.1, 0.15) is 46.5 Å². The Bertz CT molecular complexity index is 634. The third-order valence-corrected chi connectivity index (χ3v) is 8.60. The summed E-state index contributed by atoms with van der Waals surface area (Å²) >= 11 is 0. The second-order valence-corrected chi connectivity index (χ2v) is 9.54. The molecule has 4 bridgehead atoms. The van der Waals surface area contributed by atoms with Crippen LogP contribution in [0.2, 0.25) is 0 Å². The van der Waals surface area contributed by atoms with Gasteiger partial charge in [0, 0.05) is 5.41 Å². The Morgan fingerprint density at radius 3 is 2.60 bits per heavy atom. The van der Waals surface area contributed by atoms with Crippen molar-refractivity contribution in [2.24, 2.45) is 46.3 Å². The number of rotatable bonds is 3. The molecule has 4 fully saturated rings. The van der Waals surface area contributed by atoms with Gasteiger partial charge in [0.25, 0.3) is 0 Å². The summed E-state index contributed by atoms with van der Waals surface area (Å²) in [5.41, 5.74) is 0.0250. The summed E-state index contributed by atoms with van der Waals surface area (Å²) < 4.78 is 12.2. The highest BCUT2D eigenvalue weighted by Gasteiger charge is 2.80. The standard InChI is InChI=1S/C21H30O4/c1-11(2)16-8-13-10-20(19-24-6-7-25-19)15-5-4-12(3)14(15)9-17(13)21(16,20)18(22)23/h8,11-15,17,19H,4-7,9-10H2,1-3H3,(H,22,23). The van der Waals surface area contributed by atoms with Crippen molar-refractivity contribution in [1.29, 1.82) is 0 Å². The Balaban J connectivity index is 1.74. The number of allylic oxidation sites excluding steroid dienone is 1. The van der Waals surface area contributed by atoms with Crippen molar-refractivity contribution in [3.05, 3.63) is 11.6 Å². The molecule has 1 N–H and O–H groups in total. The lowest BCUT2D eigenvalue weighted by Crippen LogP contribution is -2.62. The summed E-state index contributed by atoms with van der Waals surface area (Å²) in [6.45, 7) is 7.89. The number of ether oxygens (including phenoxy) is 2. The minimum Gasteiger partial charge on any atom is -0.481 e. The van der Waals surface area contributed by atoms with Crippen LogP contribution in [0.5, 0.6) is 0 Å². The van der Waals surface area contributed by atoms with Crippen molar-refractivity contribution in [2.45, 2.75) is 52.7 Å². The molecule has 4 nitrogen and oxygen atoms in total. The van der Waals surface area contributed by atoms with Gasteiger partial charge in [0.05, 0.1) is 13.2 Å². The first kappa shape index (κ1) is 16.3. The third kappa shape index (κ3) is 1.65. The summed E-state index contributed by atoms with van der Waals surface area (Å²) in [6, 6.07) is 0. The Morgan fingerprint density at radius 2 is 1.96 bits per heavy atom. The molecule has 5 aliphatic rings. The van der Waals surface area contributed by atoms with Gasteiger partial charge in [0.15, 0.2) is 6.29 Å². The number of carbonyl (C=O) groups is 1. The molecule has 138 valence electrons. The van der Waals surface area contributed by atoms with Gasteiger partial charge in [0.2, 0.25) is 0 Å². The third-order valence-electron chi connectivity index (χ3n) is 8.60. The van der Waals surface area contributed by atoms with Gasteiger partial charge in [-0.2, -0.15) is 0 Å². The van der Waals surface area contributed by atoms with Crippen LogP contribution in [0.25, 0.3) is 0 Å². The van der Waals surface area contributed by atoms with E-state index in [2.05, 4.69) is 26.8 Å². The molecule has 0 aromatic heterocycles. The Labute approximate surface area is 150 Å². The van der Waals surface area contributed by atoms with Crippen LogP contribution in [0.15, 0.2) is 11.6 Å². The van der Waals surface area contributed by atoms with Crippen LogP contribution >= 0.6 is 0 Å². The fourth-order valence-corrected chi connectivity index (χ4v) is 8.01. The minimum atomic E-state index is -0.772. The molecule has 7 atom stereocenters. The zero-order valence-corrected chi connectivity index (χ0v) is 15.5. The number of carboxylic acids is 1. The largest absolute Gasteiger partial charge is 0.481 e. The lowest BCUT2D eigenvalue weighted by Gasteiger charge is -2.57. The van der Waals surface area contributed by atoms with Gasteiger partial charge in [-0.3, -0.25) is 4.79 Å². The highest BCUT2D eigenvalue weighted by molar-refractivity contribution is 5.83. The van der Waals surface area contributed by atoms with E-state index in [4.69, 9.17) is 9.47 Å². The molecule has 4 aliphatic carbocycles. The summed E-state index contributed by atoms with van der Waals surface area (Å²) in [6.07, 6.45) is 6.37. The summed E-state index contributed by atoms with van der Waals surface area (Å²) in [5, 5.41) is 10.7. The molecule has 0 aromatic carbocycles. The molecule has 0 aromatic rings. The summed E-state index contributed by atoms with van der Waals surface area (Å²) in [4.78, 5) is 13.0. The van der Waals surface area contributed by atoms with Gasteiger partial charge in [-0.25, -0.2) is 0 Å². The van der Waals surface area contributed by atoms with E-state index in [1.807, 2.05) is 0 Å². The lowest BCUT2D eigenvalue weighted by atomic mass is 9.46. The maximum Gasteiger partial charge on any atom is 0.314 e. The molecule has 1 aliphatic heterocycles. The SMILES string of the molecule is CC(C)C1=CC2CC3(C4OCCO4)C4CCC(C)C4CC2C13C(=O)O. The molecule has 7 unspecified atom stereocenters. The second kappa shape index (κ2) is 5.10. The van der Waals surface area contributed by atoms with E-state index in [0.29, 0.717) is 36.9 Å². The van der Waals surface area contributed by atoms with Crippen molar-refractivity contribution in [1.82, 2.24) is 0 Å². The van der Waals surface area contributed by atoms with Crippen molar-refractivity contribution in [3.8, 4) is 0 Å². The fourth-order valence-electron chi connectivity index (χ4n) is 8.01. The van der Waals surface area contributed by atoms with Gasteiger partial charge >= 0.3 is 5.97 Å². The molecule has 0 spiro atoms. The van der Waals surface area contributed by atoms with E-state index >= 15 is 0 Å². The van der Waals surface area contributed by atoms with Crippen LogP contribution in [-0.2, 0) is 14.3 Å². The summed E-state index contributed by atoms with van der Waals surface area (Å²) in [5.74, 6) is 2.02. The highest BCUT2D eigenvalue weighted by Crippen LogP contribution is 2.79. The van der Waals surface area contributed by atoms with Gasteiger partial charge in [-0.05, 0) is 54.8 Å². The maximum absolute atomic E-state index is 13.0. The Kier molecular flexibility index (Phi) is 3.33. The van der Waals surface area contributed by atoms with Crippen LogP contribution in [-0.4, -0.2) is 30.6 Å². The summed E-state index contributed by atoms with van der Waals surface area (Å²) in [7, 11) is 0. The molecular formula is C21H30O4. The van der Waals surface area contributed by atoms with Crippen LogP contribution < -0.4 is 0 Å². The molecule has 0 radical (unpaired) electrons. The molecular weight excluding hydrogens is 316 g/mol. The average Bonchev–Trinajstić information content (AvgIpc) is 3.30. The number of fused-ring (bicyclic) bond motifs is 2. The molecule has 1 saturated heterocycles. The molecule has 5 rings (SSSR count). The number of aliphatic carboxylic acids is 1. The fraction of sp³-hybridized carbons (Fsp3) is 0.857. The monoisotopic (exact) mass is 346 g/mol. The van der Waals surface area contributed by atoms with Crippen molar-refractivity contribution in [2.75, 3.05) is 13.2 Å². The van der Waals surface area contributed by atoms with Crippen molar-refractivity contribution < 1.29 is 19.4 Å². The Morgan fingerprint density at radius 1 is 1.24 bits per heavy atom. The van der Waals surface area contributed by atoms with Crippen LogP contribution in [0.3, 0.4) is 0 Å². The van der Waals surface area contributed by atoms with Crippen LogP contribution in [0.4, 0.5) is 0 Å². The van der Waals surface area contributed by atoms with Crippen molar-refractivity contribution in [3.63, 3.8) is 0 Å². The molecule has 3 saturated carbocycles. The average molecular weight is 346 g/mol. The van der Waals surface area contributed by atoms with Crippen LogP contribution in [0, 0.1) is 46.3 Å². The Hall–Kier alpha value is -0.870. The number of carboxylic acid groups (broad SMARTS) is 1. The normalized spacial score (nSPS) is 51.2. The molecule has 0 amide bonds. The van der Waals surface area contributed by atoms with E-state index < -0.39 is 11.4 Å². The molecule has 25 heavy (non-hydrogen) atoms. The number of hydrogen-bond donors (Lipinski definition) is 1. The first-order valence-electron chi connectivity index (χ1n) is 10.1. The van der Waals surface area contributed by atoms with Gasteiger partial charge in [0.1, 0.15) is 5.41 Å². The van der Waals surface area contributed by atoms with E-state index in [-0.39, 0.29) is 23.5 Å². The highest BCUT2D eigenvalue weighted by atomic mass is 16.7. The van der Waals surface area contributed by atoms with Crippen molar-refractivity contribution >= 4 is 5.97 Å². The van der Waals surface area contributed by atoms with Gasteiger partial charge < -0.3 is 14.6 Å². The van der Waals surface area contributed by atoms with Gasteiger partial charge in [-0.1, -0.05) is 38.8 Å². The first-order chi connectivity index (χ1) is 11.9. The topological polar surface area (TPSA) is 55.8 Å². The lowest BCUT2D eigenvalue weighted by molar-refractivity contribution is -0.227. The van der Waals surface area contributed by atoms with E-state index in [9.17, 15) is 9.90 Å². The van der Waals surface area contributed by atoms with Gasteiger partial charge in [-0.15, -0.1) is 0 Å². The first-order valence-corrected chi connectivity index (χ1v) is 10.1. The second-order valence-electron chi connectivity index (χ2n) is 9.54. The smallest absolute Gasteiger partial charge is 0.314 e.